The first-order valence-electron chi connectivity index (χ1n) is 4.32. The van der Waals surface area contributed by atoms with Crippen molar-refractivity contribution in [1.29, 1.82) is 0 Å². The predicted molar refractivity (Wildman–Crippen MR) is 48.8 cm³/mol. The Labute approximate surface area is 73.5 Å². The maximum atomic E-state index is 10.8. The van der Waals surface area contributed by atoms with Gasteiger partial charge in [-0.25, -0.2) is 0 Å². The summed E-state index contributed by atoms with van der Waals surface area (Å²) in [7, 11) is 0. The van der Waals surface area contributed by atoms with E-state index in [0.29, 0.717) is 6.54 Å². The monoisotopic (exact) mass is 171 g/mol. The zero-order chi connectivity index (χ0) is 9.23. The molecule has 12 heavy (non-hydrogen) atoms. The van der Waals surface area contributed by atoms with Gasteiger partial charge in [0.05, 0.1) is 0 Å². The number of allylic oxidation sites excluding steroid dienone is 1. The van der Waals surface area contributed by atoms with Crippen LogP contribution >= 0.6 is 0 Å². The molecular weight excluding hydrogens is 154 g/mol. The van der Waals surface area contributed by atoms with Gasteiger partial charge in [-0.2, -0.15) is 0 Å². The molecule has 0 aliphatic carbocycles. The number of amides is 1. The van der Waals surface area contributed by atoms with Gasteiger partial charge in [0.15, 0.2) is 0 Å². The third-order valence-corrected chi connectivity index (χ3v) is 1.45. The number of carbonyl (C=O) groups is 1. The van der Waals surface area contributed by atoms with Crippen LogP contribution in [0.15, 0.2) is 12.2 Å². The topological polar surface area (TPSA) is 49.3 Å². The van der Waals surface area contributed by atoms with Crippen molar-refractivity contribution < 1.29 is 9.90 Å². The Morgan fingerprint density at radius 3 is 2.75 bits per heavy atom. The summed E-state index contributed by atoms with van der Waals surface area (Å²) in [5, 5.41) is 11.2. The minimum absolute atomic E-state index is 0.0403. The van der Waals surface area contributed by atoms with Crippen LogP contribution in [0.3, 0.4) is 0 Å². The average molecular weight is 171 g/mol. The maximum absolute atomic E-state index is 10.8. The second-order valence-corrected chi connectivity index (χ2v) is 2.58. The van der Waals surface area contributed by atoms with Crippen LogP contribution in [0.25, 0.3) is 0 Å². The predicted octanol–water partition coefficient (Wildman–Crippen LogP) is 0.841. The van der Waals surface area contributed by atoms with Gasteiger partial charge in [-0.3, -0.25) is 4.79 Å². The highest BCUT2D eigenvalue weighted by Crippen LogP contribution is 1.91. The van der Waals surface area contributed by atoms with E-state index in [9.17, 15) is 4.79 Å². The first-order valence-corrected chi connectivity index (χ1v) is 4.32. The minimum atomic E-state index is -0.0403. The van der Waals surface area contributed by atoms with Crippen LogP contribution < -0.4 is 5.32 Å². The zero-order valence-corrected chi connectivity index (χ0v) is 7.55. The van der Waals surface area contributed by atoms with E-state index in [0.717, 1.165) is 19.3 Å². The molecule has 0 saturated heterocycles. The lowest BCUT2D eigenvalue weighted by atomic mass is 10.2. The zero-order valence-electron chi connectivity index (χ0n) is 7.55. The van der Waals surface area contributed by atoms with Gasteiger partial charge in [0.1, 0.15) is 0 Å². The van der Waals surface area contributed by atoms with Crippen LogP contribution in [-0.4, -0.2) is 24.2 Å². The number of unbranched alkanes of at least 4 members (excludes halogenated alkanes) is 2. The summed E-state index contributed by atoms with van der Waals surface area (Å²) in [6.45, 7) is 2.75. The molecule has 0 aromatic heterocycles. The van der Waals surface area contributed by atoms with E-state index in [-0.39, 0.29) is 12.5 Å². The molecule has 0 unspecified atom stereocenters. The van der Waals surface area contributed by atoms with Gasteiger partial charge < -0.3 is 10.4 Å². The van der Waals surface area contributed by atoms with Gasteiger partial charge in [-0.1, -0.05) is 6.08 Å². The minimum Gasteiger partial charge on any atom is -0.396 e. The van der Waals surface area contributed by atoms with E-state index < -0.39 is 0 Å². The van der Waals surface area contributed by atoms with Crippen molar-refractivity contribution in [2.45, 2.75) is 26.2 Å². The van der Waals surface area contributed by atoms with Gasteiger partial charge in [0.2, 0.25) is 5.91 Å². The molecular formula is C9H17NO2. The second kappa shape index (κ2) is 8.27. The lowest BCUT2D eigenvalue weighted by Gasteiger charge is -2.00. The van der Waals surface area contributed by atoms with Crippen LogP contribution in [0.5, 0.6) is 0 Å². The van der Waals surface area contributed by atoms with E-state index in [1.165, 1.54) is 6.08 Å². The van der Waals surface area contributed by atoms with Crippen molar-refractivity contribution in [3.8, 4) is 0 Å². The van der Waals surface area contributed by atoms with Crippen LogP contribution in [0.2, 0.25) is 0 Å². The van der Waals surface area contributed by atoms with E-state index in [2.05, 4.69) is 5.32 Å². The fraction of sp³-hybridized carbons (Fsp3) is 0.667. The van der Waals surface area contributed by atoms with E-state index in [1.54, 1.807) is 6.08 Å². The Bertz CT molecular complexity index is 143. The van der Waals surface area contributed by atoms with Crippen molar-refractivity contribution >= 4 is 5.91 Å². The summed E-state index contributed by atoms with van der Waals surface area (Å²) in [5.41, 5.74) is 0. The van der Waals surface area contributed by atoms with E-state index in [1.807, 2.05) is 6.92 Å². The van der Waals surface area contributed by atoms with Crippen molar-refractivity contribution in [3.05, 3.63) is 12.2 Å². The van der Waals surface area contributed by atoms with E-state index >= 15 is 0 Å². The molecule has 0 aromatic carbocycles. The van der Waals surface area contributed by atoms with Crippen molar-refractivity contribution in [2.24, 2.45) is 0 Å². The van der Waals surface area contributed by atoms with E-state index in [4.69, 9.17) is 5.11 Å². The molecule has 0 bridgehead atoms. The largest absolute Gasteiger partial charge is 0.396 e. The quantitative estimate of drug-likeness (QED) is 0.459. The fourth-order valence-corrected chi connectivity index (χ4v) is 0.835. The van der Waals surface area contributed by atoms with Gasteiger partial charge in [-0.05, 0) is 32.3 Å². The smallest absolute Gasteiger partial charge is 0.243 e. The standard InChI is InChI=1S/C9H17NO2/c1-2-6-9(12)10-7-4-3-5-8-11/h2,6,11H,3-5,7-8H2,1H3,(H,10,12)/b6-2-. The molecule has 0 spiro atoms. The van der Waals surface area contributed by atoms with Gasteiger partial charge in [0, 0.05) is 13.2 Å². The highest BCUT2D eigenvalue weighted by molar-refractivity contribution is 5.87. The molecule has 0 atom stereocenters. The highest BCUT2D eigenvalue weighted by atomic mass is 16.2. The molecule has 0 aliphatic rings. The Morgan fingerprint density at radius 1 is 1.42 bits per heavy atom. The summed E-state index contributed by atoms with van der Waals surface area (Å²) in [6, 6.07) is 0. The van der Waals surface area contributed by atoms with Crippen molar-refractivity contribution in [1.82, 2.24) is 5.32 Å². The third-order valence-electron chi connectivity index (χ3n) is 1.45. The molecule has 0 saturated carbocycles. The molecule has 0 aliphatic heterocycles. The number of aliphatic hydroxyl groups excluding tert-OH is 1. The second-order valence-electron chi connectivity index (χ2n) is 2.58. The number of rotatable bonds is 6. The molecule has 3 heteroatoms. The molecule has 0 radical (unpaired) electrons. The first-order chi connectivity index (χ1) is 5.81. The van der Waals surface area contributed by atoms with Crippen LogP contribution in [0.4, 0.5) is 0 Å². The molecule has 0 aromatic rings. The lowest BCUT2D eigenvalue weighted by molar-refractivity contribution is -0.116. The average Bonchev–Trinajstić information content (AvgIpc) is 2.05. The molecule has 1 amide bonds. The van der Waals surface area contributed by atoms with Gasteiger partial charge in [0.25, 0.3) is 0 Å². The fourth-order valence-electron chi connectivity index (χ4n) is 0.835. The Hall–Kier alpha value is -0.830. The number of hydrogen-bond donors (Lipinski definition) is 2. The van der Waals surface area contributed by atoms with Crippen molar-refractivity contribution in [2.75, 3.05) is 13.2 Å². The molecule has 70 valence electrons. The van der Waals surface area contributed by atoms with Crippen molar-refractivity contribution in [3.63, 3.8) is 0 Å². The number of carbonyl (C=O) groups excluding carboxylic acids is 1. The summed E-state index contributed by atoms with van der Waals surface area (Å²) < 4.78 is 0. The van der Waals surface area contributed by atoms with Gasteiger partial charge in [-0.15, -0.1) is 0 Å². The maximum Gasteiger partial charge on any atom is 0.243 e. The summed E-state index contributed by atoms with van der Waals surface area (Å²) in [6.07, 6.45) is 5.94. The Morgan fingerprint density at radius 2 is 2.17 bits per heavy atom. The normalized spacial score (nSPS) is 10.5. The third kappa shape index (κ3) is 7.28. The highest BCUT2D eigenvalue weighted by Gasteiger charge is 1.92. The molecule has 3 nitrogen and oxygen atoms in total. The summed E-state index contributed by atoms with van der Waals surface area (Å²) in [4.78, 5) is 10.8. The Kier molecular flexibility index (Phi) is 7.70. The summed E-state index contributed by atoms with van der Waals surface area (Å²) >= 11 is 0. The summed E-state index contributed by atoms with van der Waals surface area (Å²) in [5.74, 6) is -0.0403. The molecule has 0 fully saturated rings. The number of hydrogen-bond acceptors (Lipinski definition) is 2. The SMILES string of the molecule is C/C=C\C(=O)NCCCCCO. The van der Waals surface area contributed by atoms with Gasteiger partial charge >= 0.3 is 0 Å². The number of aliphatic hydroxyl groups is 1. The Balaban J connectivity index is 3.14. The number of nitrogens with one attached hydrogen (secondary N) is 1. The molecule has 0 rings (SSSR count). The first kappa shape index (κ1) is 11.2. The molecule has 0 heterocycles. The van der Waals surface area contributed by atoms with Crippen LogP contribution in [0, 0.1) is 0 Å². The van der Waals surface area contributed by atoms with Crippen LogP contribution in [0.1, 0.15) is 26.2 Å². The van der Waals surface area contributed by atoms with Crippen LogP contribution in [-0.2, 0) is 4.79 Å². The lowest BCUT2D eigenvalue weighted by Crippen LogP contribution is -2.21. The molecule has 2 N–H and O–H groups in total.